The Hall–Kier alpha value is -7.49. The maximum absolute atomic E-state index is 11.7. The van der Waals surface area contributed by atoms with Gasteiger partial charge in [-0.15, -0.1) is 0 Å². The van der Waals surface area contributed by atoms with Crippen LogP contribution in [-0.2, 0) is 119 Å². The first kappa shape index (κ1) is 73.6. The molecular weight excluding hydrogens is 1240 g/mol. The lowest BCUT2D eigenvalue weighted by Gasteiger charge is -2.17. The largest absolute Gasteiger partial charge is 0.513 e. The molecule has 0 aliphatic carbocycles. The molecule has 0 aromatic heterocycles. The number of aliphatic hydroxyl groups excluding tert-OH is 7. The highest BCUT2D eigenvalue weighted by atomic mass is 16.7. The number of hydrogen-bond donors (Lipinski definition) is 10. The molecule has 0 amide bonds. The summed E-state index contributed by atoms with van der Waals surface area (Å²) in [5.74, 6) is -7.66. The number of ether oxygens (including phenoxy) is 16. The second kappa shape index (κ2) is 35.5. The van der Waals surface area contributed by atoms with Crippen molar-refractivity contribution in [3.8, 4) is 0 Å². The maximum Gasteiger partial charge on any atom is 0.331 e. The molecule has 35 heteroatoms. The van der Waals surface area contributed by atoms with E-state index in [1.807, 2.05) is 0 Å². The van der Waals surface area contributed by atoms with E-state index >= 15 is 0 Å². The number of carbonyl (C=O) groups excluding carboxylic acids is 6. The molecule has 10 fully saturated rings. The molecule has 20 atom stereocenters. The molecular formula is C57H74O35. The second-order valence-electron chi connectivity index (χ2n) is 21.5. The Labute approximate surface area is 522 Å². The van der Waals surface area contributed by atoms with Gasteiger partial charge in [-0.1, -0.05) is 19.7 Å². The standard InChI is InChI=1S/C15H18O9.2C11H16O6.2C10H12O7/c1-8(16)2-4-12(19)23-9-6-21-15-10(7-22-14(9)15)24-13(20)5-3-11(17)18;2*1-6(12)2-3-9(14)17-8-5-16-10-7(13)4-15-11(8)10;2*11-5-3-15-10-6(4-16-9(5)10)17-8(14)2-1-7(12)13/h3,5,9-10,14-16H,1-2,4,6-7H2,(H,17,18);2*7-8,10-13H,1-5H2;2*1-2,5-6,9-11H,3-4H2,(H,12,13)/b5-3+;;;2*2-1+/t9-,10-,14+,15+;7-,8-,10+,11+;7-,8-,10-,11-;5-,6-,9+,10+;5-,6-,9-,10-/m00101/s1. The summed E-state index contributed by atoms with van der Waals surface area (Å²) >= 11 is 0. The molecule has 10 N–H and O–H groups in total. The lowest BCUT2D eigenvalue weighted by Crippen LogP contribution is -2.35. The van der Waals surface area contributed by atoms with Crippen LogP contribution in [0, 0.1) is 0 Å². The van der Waals surface area contributed by atoms with Crippen molar-refractivity contribution < 1.29 is 170 Å². The Morgan fingerprint density at radius 1 is 0.283 bits per heavy atom. The Bertz CT molecular complexity index is 2580. The van der Waals surface area contributed by atoms with Gasteiger partial charge < -0.3 is 127 Å². The summed E-state index contributed by atoms with van der Waals surface area (Å²) < 4.78 is 83.7. The molecule has 10 rings (SSSR count). The number of allylic oxidation sites excluding steroid dienone is 3. The van der Waals surface area contributed by atoms with E-state index in [9.17, 15) is 63.6 Å². The van der Waals surface area contributed by atoms with Gasteiger partial charge in [0.05, 0.1) is 103 Å². The fraction of sp³-hybridized carbons (Fsp3) is 0.632. The van der Waals surface area contributed by atoms with Gasteiger partial charge in [0.15, 0.2) is 36.6 Å². The number of hydrogen-bond acceptors (Lipinski definition) is 32. The van der Waals surface area contributed by atoms with E-state index in [4.69, 9.17) is 106 Å². The van der Waals surface area contributed by atoms with Crippen molar-refractivity contribution in [3.05, 3.63) is 73.5 Å². The van der Waals surface area contributed by atoms with Crippen LogP contribution in [0.3, 0.4) is 0 Å². The van der Waals surface area contributed by atoms with Gasteiger partial charge in [-0.25, -0.2) is 28.8 Å². The topological polar surface area (TPSA) is 504 Å². The first-order valence-corrected chi connectivity index (χ1v) is 28.6. The number of carboxylic acid groups (broad SMARTS) is 3. The van der Waals surface area contributed by atoms with Gasteiger partial charge in [0.1, 0.15) is 85.5 Å². The quantitative estimate of drug-likeness (QED) is 0.0242. The van der Waals surface area contributed by atoms with Gasteiger partial charge >= 0.3 is 53.7 Å². The first-order chi connectivity index (χ1) is 43.7. The smallest absolute Gasteiger partial charge is 0.331 e. The minimum Gasteiger partial charge on any atom is -0.513 e. The van der Waals surface area contributed by atoms with Crippen LogP contribution >= 0.6 is 0 Å². The fourth-order valence-corrected chi connectivity index (χ4v) is 10.2. The van der Waals surface area contributed by atoms with E-state index in [0.717, 1.165) is 18.2 Å². The number of esters is 6. The Morgan fingerprint density at radius 2 is 0.467 bits per heavy atom. The van der Waals surface area contributed by atoms with Crippen LogP contribution < -0.4 is 0 Å². The summed E-state index contributed by atoms with van der Waals surface area (Å²) in [6.45, 7) is 11.5. The summed E-state index contributed by atoms with van der Waals surface area (Å²) in [6.07, 6.45) is -5.75. The number of carboxylic acids is 3. The fourth-order valence-electron chi connectivity index (χ4n) is 10.2. The summed E-state index contributed by atoms with van der Waals surface area (Å²) in [5.41, 5.74) is 0. The number of rotatable bonds is 21. The molecule has 0 spiro atoms. The molecule has 10 aliphatic rings. The van der Waals surface area contributed by atoms with Crippen molar-refractivity contribution in [2.75, 3.05) is 66.1 Å². The van der Waals surface area contributed by atoms with E-state index in [-0.39, 0.29) is 134 Å². The summed E-state index contributed by atoms with van der Waals surface area (Å²) in [4.78, 5) is 99.2. The van der Waals surface area contributed by atoms with Crippen molar-refractivity contribution in [3.63, 3.8) is 0 Å². The molecule has 0 radical (unpaired) electrons. The van der Waals surface area contributed by atoms with Crippen LogP contribution in [0.4, 0.5) is 0 Å². The minimum absolute atomic E-state index is 0.0123. The molecule has 0 aromatic carbocycles. The van der Waals surface area contributed by atoms with Gasteiger partial charge in [-0.3, -0.25) is 14.4 Å². The first-order valence-electron chi connectivity index (χ1n) is 28.6. The van der Waals surface area contributed by atoms with E-state index in [0.29, 0.717) is 18.2 Å². The molecule has 0 aromatic rings. The lowest BCUT2D eigenvalue weighted by atomic mass is 10.1. The zero-order valence-electron chi connectivity index (χ0n) is 49.1. The second-order valence-corrected chi connectivity index (χ2v) is 21.5. The highest BCUT2D eigenvalue weighted by Crippen LogP contribution is 2.34. The van der Waals surface area contributed by atoms with Crippen molar-refractivity contribution >= 4 is 53.7 Å². The highest BCUT2D eigenvalue weighted by molar-refractivity contribution is 5.92. The summed E-state index contributed by atoms with van der Waals surface area (Å²) in [7, 11) is 0. The average Bonchev–Trinajstić information content (AvgIpc) is 1.74. The van der Waals surface area contributed by atoms with Crippen LogP contribution in [0.15, 0.2) is 73.5 Å². The molecule has 0 unspecified atom stereocenters. The van der Waals surface area contributed by atoms with Crippen molar-refractivity contribution in [2.45, 2.75) is 161 Å². The van der Waals surface area contributed by atoms with Gasteiger partial charge in [-0.2, -0.15) is 0 Å². The Kier molecular flexibility index (Phi) is 28.4. The number of aliphatic hydroxyl groups is 7. The third kappa shape index (κ3) is 22.4. The van der Waals surface area contributed by atoms with E-state index in [1.54, 1.807) is 0 Å². The van der Waals surface area contributed by atoms with Gasteiger partial charge in [-0.05, 0) is 0 Å². The molecule has 10 heterocycles. The molecule has 92 heavy (non-hydrogen) atoms. The van der Waals surface area contributed by atoms with Crippen molar-refractivity contribution in [1.29, 1.82) is 0 Å². The molecule has 35 nitrogen and oxygen atoms in total. The van der Waals surface area contributed by atoms with Gasteiger partial charge in [0, 0.05) is 55.7 Å². The predicted molar refractivity (Wildman–Crippen MR) is 294 cm³/mol. The van der Waals surface area contributed by atoms with Crippen molar-refractivity contribution in [2.24, 2.45) is 0 Å². The SMILES string of the molecule is C=C(O)CCC(=O)O[C@@H]1CO[C@H]2[C@@H]1OC[C@H]2O.C=C(O)CCC(=O)O[C@H]1CO[C@H]2[C@@H]1OC[C@@H]2O.C=C(O)CCC(=O)O[C@H]1CO[C@H]2[C@@H]1OC[C@@H]2OC(=O)/C=C/C(=O)O.O=C(O)/C=C/C(=O)O[C@@H]1CO[C@H]2[C@@H]1OC[C@H]2O.O=C(O)/C=C/C(=O)O[C@H]1CO[C@H]2[C@@H]1OC[C@@H]2O. The monoisotopic (exact) mass is 1320 g/mol. The number of fused-ring (bicyclic) bond motifs is 5. The van der Waals surface area contributed by atoms with Gasteiger partial charge in [0.2, 0.25) is 0 Å². The number of aliphatic carboxylic acids is 3. The van der Waals surface area contributed by atoms with Gasteiger partial charge in [0.25, 0.3) is 0 Å². The predicted octanol–water partition coefficient (Wildman–Crippen LogP) is -2.69. The summed E-state index contributed by atoms with van der Waals surface area (Å²) in [6, 6.07) is 0. The van der Waals surface area contributed by atoms with Crippen LogP contribution in [0.2, 0.25) is 0 Å². The highest BCUT2D eigenvalue weighted by Gasteiger charge is 2.53. The van der Waals surface area contributed by atoms with Crippen LogP contribution in [-0.4, -0.2) is 293 Å². The van der Waals surface area contributed by atoms with Crippen LogP contribution in [0.1, 0.15) is 38.5 Å². The molecule has 0 bridgehead atoms. The van der Waals surface area contributed by atoms with Crippen molar-refractivity contribution in [1.82, 2.24) is 0 Å². The Morgan fingerprint density at radius 3 is 0.674 bits per heavy atom. The third-order valence-electron chi connectivity index (χ3n) is 14.5. The zero-order valence-corrected chi connectivity index (χ0v) is 49.1. The van der Waals surface area contributed by atoms with Crippen LogP contribution in [0.5, 0.6) is 0 Å². The zero-order chi connectivity index (χ0) is 67.3. The number of carbonyl (C=O) groups is 9. The maximum atomic E-state index is 11.7. The molecule has 10 aliphatic heterocycles. The Balaban J connectivity index is 0.000000184. The molecule has 512 valence electrons. The molecule has 10 saturated heterocycles. The third-order valence-corrected chi connectivity index (χ3v) is 14.5. The molecule has 0 saturated carbocycles. The average molecular weight is 1320 g/mol. The summed E-state index contributed by atoms with van der Waals surface area (Å²) in [5, 5.41) is 89.7. The van der Waals surface area contributed by atoms with E-state index in [1.165, 1.54) is 0 Å². The van der Waals surface area contributed by atoms with E-state index in [2.05, 4.69) is 19.7 Å². The lowest BCUT2D eigenvalue weighted by molar-refractivity contribution is -0.155. The van der Waals surface area contributed by atoms with E-state index < -0.39 is 164 Å². The minimum atomic E-state index is -1.26. The van der Waals surface area contributed by atoms with Crippen LogP contribution in [0.25, 0.3) is 0 Å². The normalized spacial score (nSPS) is 33.9.